The molecule has 1 saturated heterocycles. The summed E-state index contributed by atoms with van der Waals surface area (Å²) in [7, 11) is -2.19. The quantitative estimate of drug-likeness (QED) is 0.695. The number of piperidine rings is 1. The fourth-order valence-corrected chi connectivity index (χ4v) is 4.44. The van der Waals surface area contributed by atoms with E-state index in [2.05, 4.69) is 22.3 Å². The van der Waals surface area contributed by atoms with E-state index in [-0.39, 0.29) is 12.5 Å². The average molecular weight is 432 g/mol. The highest BCUT2D eigenvalue weighted by Crippen LogP contribution is 2.29. The van der Waals surface area contributed by atoms with Gasteiger partial charge in [-0.1, -0.05) is 24.3 Å². The van der Waals surface area contributed by atoms with Gasteiger partial charge in [0.25, 0.3) is 0 Å². The van der Waals surface area contributed by atoms with Gasteiger partial charge in [-0.05, 0) is 49.1 Å². The lowest BCUT2D eigenvalue weighted by Crippen LogP contribution is -2.40. The predicted molar refractivity (Wildman–Crippen MR) is 120 cm³/mol. The Balaban J connectivity index is 1.62. The van der Waals surface area contributed by atoms with Gasteiger partial charge in [-0.3, -0.25) is 9.10 Å². The Kier molecular flexibility index (Phi) is 7.20. The van der Waals surface area contributed by atoms with E-state index in [4.69, 9.17) is 4.74 Å². The summed E-state index contributed by atoms with van der Waals surface area (Å²) >= 11 is 0. The molecule has 2 aromatic carbocycles. The van der Waals surface area contributed by atoms with Gasteiger partial charge in [-0.15, -0.1) is 0 Å². The average Bonchev–Trinajstić information content (AvgIpc) is 2.76. The van der Waals surface area contributed by atoms with Crippen molar-refractivity contribution in [3.05, 3.63) is 54.1 Å². The molecule has 8 heteroatoms. The Morgan fingerprint density at radius 1 is 1.07 bits per heavy atom. The third-order valence-electron chi connectivity index (χ3n) is 5.19. The number of anilines is 2. The molecule has 1 fully saturated rings. The summed E-state index contributed by atoms with van der Waals surface area (Å²) in [5.41, 5.74) is 2.50. The van der Waals surface area contributed by atoms with Crippen molar-refractivity contribution in [1.82, 2.24) is 5.32 Å². The Morgan fingerprint density at radius 3 is 2.37 bits per heavy atom. The minimum absolute atomic E-state index is 0.314. The minimum Gasteiger partial charge on any atom is -0.495 e. The summed E-state index contributed by atoms with van der Waals surface area (Å²) in [6.45, 7) is 2.19. The molecular formula is C22H29N3O4S. The first-order valence-electron chi connectivity index (χ1n) is 10.1. The summed E-state index contributed by atoms with van der Waals surface area (Å²) in [5.74, 6) is 0.00969. The van der Waals surface area contributed by atoms with Gasteiger partial charge in [-0.2, -0.15) is 0 Å². The highest BCUT2D eigenvalue weighted by molar-refractivity contribution is 7.92. The van der Waals surface area contributed by atoms with Crippen LogP contribution in [0.2, 0.25) is 0 Å². The molecule has 0 spiro atoms. The molecule has 1 heterocycles. The Hall–Kier alpha value is -2.74. The zero-order valence-electron chi connectivity index (χ0n) is 17.5. The van der Waals surface area contributed by atoms with Crippen LogP contribution in [0.15, 0.2) is 48.5 Å². The van der Waals surface area contributed by atoms with Crippen molar-refractivity contribution in [2.75, 3.05) is 42.2 Å². The fraction of sp³-hybridized carbons (Fsp3) is 0.409. The van der Waals surface area contributed by atoms with Crippen LogP contribution in [-0.2, 0) is 21.4 Å². The molecule has 0 unspecified atom stereocenters. The van der Waals surface area contributed by atoms with Gasteiger partial charge in [-0.25, -0.2) is 8.42 Å². The number of nitrogens with one attached hydrogen (secondary N) is 1. The number of hydrogen-bond acceptors (Lipinski definition) is 5. The number of benzene rings is 2. The van der Waals surface area contributed by atoms with Gasteiger partial charge in [0.1, 0.15) is 12.3 Å². The van der Waals surface area contributed by atoms with Crippen molar-refractivity contribution < 1.29 is 17.9 Å². The van der Waals surface area contributed by atoms with E-state index in [0.29, 0.717) is 18.0 Å². The maximum atomic E-state index is 12.5. The van der Waals surface area contributed by atoms with Gasteiger partial charge in [0.2, 0.25) is 15.9 Å². The monoisotopic (exact) mass is 431 g/mol. The Morgan fingerprint density at radius 2 is 1.73 bits per heavy atom. The van der Waals surface area contributed by atoms with Crippen molar-refractivity contribution in [3.8, 4) is 5.75 Å². The SMILES string of the molecule is COc1ccccc1N(CC(=O)NCc1ccc(N2CCCCC2)cc1)S(C)(=O)=O. The van der Waals surface area contributed by atoms with Crippen molar-refractivity contribution >= 4 is 27.3 Å². The van der Waals surface area contributed by atoms with Crippen LogP contribution in [0.1, 0.15) is 24.8 Å². The molecule has 1 aliphatic heterocycles. The smallest absolute Gasteiger partial charge is 0.241 e. The second kappa shape index (κ2) is 9.84. The maximum Gasteiger partial charge on any atom is 0.241 e. The number of para-hydroxylation sites is 2. The molecule has 7 nitrogen and oxygen atoms in total. The number of hydrogen-bond donors (Lipinski definition) is 1. The number of carbonyl (C=O) groups excluding carboxylic acids is 1. The number of sulfonamides is 1. The minimum atomic E-state index is -3.66. The molecule has 1 amide bonds. The molecule has 0 atom stereocenters. The fourth-order valence-electron chi connectivity index (χ4n) is 3.58. The molecule has 1 aliphatic rings. The lowest BCUT2D eigenvalue weighted by atomic mass is 10.1. The van der Waals surface area contributed by atoms with E-state index >= 15 is 0 Å². The Labute approximate surface area is 178 Å². The summed E-state index contributed by atoms with van der Waals surface area (Å²) in [4.78, 5) is 14.9. The normalized spacial score (nSPS) is 14.3. The van der Waals surface area contributed by atoms with Crippen LogP contribution in [0.25, 0.3) is 0 Å². The highest BCUT2D eigenvalue weighted by atomic mass is 32.2. The van der Waals surface area contributed by atoms with E-state index in [9.17, 15) is 13.2 Å². The largest absolute Gasteiger partial charge is 0.495 e. The second-order valence-corrected chi connectivity index (χ2v) is 9.34. The number of nitrogens with zero attached hydrogens (tertiary/aromatic N) is 2. The summed E-state index contributed by atoms with van der Waals surface area (Å²) in [6, 6.07) is 14.9. The lowest BCUT2D eigenvalue weighted by Gasteiger charge is -2.28. The summed E-state index contributed by atoms with van der Waals surface area (Å²) in [6.07, 6.45) is 4.81. The molecule has 162 valence electrons. The van der Waals surface area contributed by atoms with Crippen LogP contribution in [0, 0.1) is 0 Å². The van der Waals surface area contributed by atoms with Crippen LogP contribution in [0.4, 0.5) is 11.4 Å². The second-order valence-electron chi connectivity index (χ2n) is 7.43. The summed E-state index contributed by atoms with van der Waals surface area (Å²) < 4.78 is 30.9. The molecular weight excluding hydrogens is 402 g/mol. The predicted octanol–water partition coefficient (Wildman–Crippen LogP) is 2.77. The van der Waals surface area contributed by atoms with Gasteiger partial charge in [0.05, 0.1) is 19.1 Å². The first-order valence-corrected chi connectivity index (χ1v) is 11.9. The van der Waals surface area contributed by atoms with E-state index in [1.54, 1.807) is 24.3 Å². The van der Waals surface area contributed by atoms with Crippen molar-refractivity contribution in [1.29, 1.82) is 0 Å². The third-order valence-corrected chi connectivity index (χ3v) is 6.32. The molecule has 0 saturated carbocycles. The van der Waals surface area contributed by atoms with Crippen molar-refractivity contribution in [3.63, 3.8) is 0 Å². The van der Waals surface area contributed by atoms with Crippen LogP contribution >= 0.6 is 0 Å². The molecule has 0 aromatic heterocycles. The number of rotatable bonds is 8. The molecule has 0 radical (unpaired) electrons. The van der Waals surface area contributed by atoms with E-state index in [1.165, 1.54) is 32.1 Å². The van der Waals surface area contributed by atoms with Crippen LogP contribution in [-0.4, -0.2) is 47.3 Å². The number of carbonyl (C=O) groups is 1. The molecule has 1 N–H and O–H groups in total. The van der Waals surface area contributed by atoms with Gasteiger partial charge < -0.3 is 15.0 Å². The Bertz CT molecular complexity index is 955. The van der Waals surface area contributed by atoms with Crippen molar-refractivity contribution in [2.24, 2.45) is 0 Å². The number of methoxy groups -OCH3 is 1. The number of amides is 1. The van der Waals surface area contributed by atoms with Gasteiger partial charge in [0.15, 0.2) is 0 Å². The molecule has 3 rings (SSSR count). The van der Waals surface area contributed by atoms with Crippen LogP contribution < -0.4 is 19.3 Å². The van der Waals surface area contributed by atoms with Crippen molar-refractivity contribution in [2.45, 2.75) is 25.8 Å². The van der Waals surface area contributed by atoms with Gasteiger partial charge >= 0.3 is 0 Å². The highest BCUT2D eigenvalue weighted by Gasteiger charge is 2.23. The van der Waals surface area contributed by atoms with E-state index < -0.39 is 10.0 Å². The first kappa shape index (κ1) is 22.0. The molecule has 0 aliphatic carbocycles. The summed E-state index contributed by atoms with van der Waals surface area (Å²) in [5, 5.41) is 2.81. The van der Waals surface area contributed by atoms with E-state index in [1.807, 2.05) is 12.1 Å². The lowest BCUT2D eigenvalue weighted by molar-refractivity contribution is -0.119. The molecule has 0 bridgehead atoms. The van der Waals surface area contributed by atoms with E-state index in [0.717, 1.165) is 29.2 Å². The molecule has 2 aromatic rings. The zero-order valence-corrected chi connectivity index (χ0v) is 18.3. The standard InChI is InChI=1S/C22H29N3O4S/c1-29-21-9-5-4-8-20(21)25(30(2,27)28)17-22(26)23-16-18-10-12-19(13-11-18)24-14-6-3-7-15-24/h4-5,8-13H,3,6-7,14-17H2,1-2H3,(H,23,26). The van der Waals surface area contributed by atoms with Crippen LogP contribution in [0.3, 0.4) is 0 Å². The first-order chi connectivity index (χ1) is 14.4. The zero-order chi connectivity index (χ0) is 21.6. The maximum absolute atomic E-state index is 12.5. The molecule has 30 heavy (non-hydrogen) atoms. The topological polar surface area (TPSA) is 79.0 Å². The third kappa shape index (κ3) is 5.66. The van der Waals surface area contributed by atoms with Crippen LogP contribution in [0.5, 0.6) is 5.75 Å². The van der Waals surface area contributed by atoms with Gasteiger partial charge in [0, 0.05) is 25.3 Å². The number of ether oxygens (including phenoxy) is 1.